The predicted molar refractivity (Wildman–Crippen MR) is 84.5 cm³/mol. The standard InChI is InChI=1S/C16H13ClF3N3O/c17-9-1-5-13(12(7-9)16(18,19)20)22-11-4-6-14(21-8-11)15(24)23-10-2-3-10/h1,4-8,10,22H,2-3H2,(H,23,24). The molecule has 2 aromatic rings. The van der Waals surface area contributed by atoms with Crippen molar-refractivity contribution < 1.29 is 18.0 Å². The molecule has 1 aliphatic rings. The fourth-order valence-electron chi connectivity index (χ4n) is 2.10. The van der Waals surface area contributed by atoms with E-state index in [1.165, 1.54) is 30.5 Å². The Bertz CT molecular complexity index is 758. The van der Waals surface area contributed by atoms with Crippen LogP contribution in [0, 0.1) is 0 Å². The summed E-state index contributed by atoms with van der Waals surface area (Å²) in [6, 6.07) is 6.64. The van der Waals surface area contributed by atoms with E-state index in [1.807, 2.05) is 0 Å². The van der Waals surface area contributed by atoms with Gasteiger partial charge in [0.2, 0.25) is 0 Å². The molecule has 8 heteroatoms. The topological polar surface area (TPSA) is 54.0 Å². The molecule has 0 aliphatic heterocycles. The third-order valence-corrected chi connectivity index (χ3v) is 3.71. The van der Waals surface area contributed by atoms with Crippen molar-refractivity contribution in [2.45, 2.75) is 25.1 Å². The highest BCUT2D eigenvalue weighted by Gasteiger charge is 2.33. The lowest BCUT2D eigenvalue weighted by molar-refractivity contribution is -0.136. The first-order valence-corrected chi connectivity index (χ1v) is 7.61. The Kier molecular flexibility index (Phi) is 4.36. The molecule has 1 heterocycles. The number of anilines is 2. The number of carbonyl (C=O) groups excluding carboxylic acids is 1. The molecular formula is C16H13ClF3N3O. The molecule has 0 saturated heterocycles. The number of amides is 1. The number of pyridine rings is 1. The number of benzene rings is 1. The number of rotatable bonds is 4. The van der Waals surface area contributed by atoms with Gasteiger partial charge in [0.05, 0.1) is 23.1 Å². The fourth-order valence-corrected chi connectivity index (χ4v) is 2.28. The van der Waals surface area contributed by atoms with Crippen molar-refractivity contribution in [3.05, 3.63) is 52.8 Å². The summed E-state index contributed by atoms with van der Waals surface area (Å²) < 4.78 is 39.2. The van der Waals surface area contributed by atoms with E-state index in [2.05, 4.69) is 15.6 Å². The van der Waals surface area contributed by atoms with Crippen LogP contribution in [0.4, 0.5) is 24.5 Å². The lowest BCUT2D eigenvalue weighted by Crippen LogP contribution is -2.26. The van der Waals surface area contributed by atoms with Crippen molar-refractivity contribution in [1.29, 1.82) is 0 Å². The van der Waals surface area contributed by atoms with Gasteiger partial charge in [-0.25, -0.2) is 4.98 Å². The van der Waals surface area contributed by atoms with Gasteiger partial charge in [-0.15, -0.1) is 0 Å². The largest absolute Gasteiger partial charge is 0.418 e. The smallest absolute Gasteiger partial charge is 0.354 e. The van der Waals surface area contributed by atoms with E-state index in [4.69, 9.17) is 11.6 Å². The minimum Gasteiger partial charge on any atom is -0.354 e. The lowest BCUT2D eigenvalue weighted by atomic mass is 10.1. The summed E-state index contributed by atoms with van der Waals surface area (Å²) in [4.78, 5) is 15.8. The second-order valence-electron chi connectivity index (χ2n) is 5.49. The highest BCUT2D eigenvalue weighted by molar-refractivity contribution is 6.30. The second-order valence-corrected chi connectivity index (χ2v) is 5.93. The Labute approximate surface area is 141 Å². The molecule has 3 rings (SSSR count). The highest BCUT2D eigenvalue weighted by atomic mass is 35.5. The van der Waals surface area contributed by atoms with Gasteiger partial charge in [0.1, 0.15) is 5.69 Å². The lowest BCUT2D eigenvalue weighted by Gasteiger charge is -2.15. The summed E-state index contributed by atoms with van der Waals surface area (Å²) in [5.41, 5.74) is -0.445. The van der Waals surface area contributed by atoms with Gasteiger partial charge >= 0.3 is 6.18 Å². The maximum atomic E-state index is 13.1. The van der Waals surface area contributed by atoms with Crippen LogP contribution in [0.2, 0.25) is 5.02 Å². The van der Waals surface area contributed by atoms with E-state index in [0.717, 1.165) is 18.9 Å². The third-order valence-electron chi connectivity index (χ3n) is 3.47. The Morgan fingerprint density at radius 1 is 1.21 bits per heavy atom. The molecule has 1 amide bonds. The first-order chi connectivity index (χ1) is 11.3. The molecule has 4 nitrogen and oxygen atoms in total. The molecule has 2 N–H and O–H groups in total. The third kappa shape index (κ3) is 3.97. The van der Waals surface area contributed by atoms with Crippen LogP contribution in [0.1, 0.15) is 28.9 Å². The number of aromatic nitrogens is 1. The molecule has 1 fully saturated rings. The summed E-state index contributed by atoms with van der Waals surface area (Å²) in [5.74, 6) is -0.286. The second kappa shape index (κ2) is 6.32. The Balaban J connectivity index is 1.77. The van der Waals surface area contributed by atoms with Crippen LogP contribution in [0.15, 0.2) is 36.5 Å². The maximum absolute atomic E-state index is 13.1. The van der Waals surface area contributed by atoms with Crippen LogP contribution in [0.5, 0.6) is 0 Å². The first kappa shape index (κ1) is 16.6. The number of carbonyl (C=O) groups is 1. The van der Waals surface area contributed by atoms with Crippen molar-refractivity contribution >= 4 is 28.9 Å². The summed E-state index contributed by atoms with van der Waals surface area (Å²) in [7, 11) is 0. The van der Waals surface area contributed by atoms with Crippen LogP contribution in [-0.2, 0) is 6.18 Å². The molecule has 1 saturated carbocycles. The average molecular weight is 356 g/mol. The van der Waals surface area contributed by atoms with E-state index in [0.29, 0.717) is 5.69 Å². The van der Waals surface area contributed by atoms with Crippen molar-refractivity contribution in [2.24, 2.45) is 0 Å². The molecule has 1 aliphatic carbocycles. The zero-order chi connectivity index (χ0) is 17.3. The van der Waals surface area contributed by atoms with Gasteiger partial charge in [0, 0.05) is 11.1 Å². The first-order valence-electron chi connectivity index (χ1n) is 7.23. The van der Waals surface area contributed by atoms with Gasteiger partial charge in [0.25, 0.3) is 5.91 Å². The van der Waals surface area contributed by atoms with E-state index in [1.54, 1.807) is 0 Å². The van der Waals surface area contributed by atoms with Gasteiger partial charge < -0.3 is 10.6 Å². The summed E-state index contributed by atoms with van der Waals surface area (Å²) in [5, 5.41) is 5.44. The van der Waals surface area contributed by atoms with E-state index in [9.17, 15) is 18.0 Å². The quantitative estimate of drug-likeness (QED) is 0.855. The van der Waals surface area contributed by atoms with Crippen molar-refractivity contribution in [1.82, 2.24) is 10.3 Å². The van der Waals surface area contributed by atoms with E-state index in [-0.39, 0.29) is 28.4 Å². The van der Waals surface area contributed by atoms with Gasteiger partial charge in [-0.2, -0.15) is 13.2 Å². The molecule has 0 bridgehead atoms. The van der Waals surface area contributed by atoms with Crippen LogP contribution in [0.25, 0.3) is 0 Å². The molecule has 1 aromatic carbocycles. The average Bonchev–Trinajstić information content (AvgIpc) is 3.32. The summed E-state index contributed by atoms with van der Waals surface area (Å²) in [6.07, 6.45) is -1.30. The number of nitrogens with one attached hydrogen (secondary N) is 2. The zero-order valence-corrected chi connectivity index (χ0v) is 13.1. The molecule has 24 heavy (non-hydrogen) atoms. The summed E-state index contributed by atoms with van der Waals surface area (Å²) in [6.45, 7) is 0. The molecule has 1 aromatic heterocycles. The van der Waals surface area contributed by atoms with Crippen LogP contribution in [0.3, 0.4) is 0 Å². The van der Waals surface area contributed by atoms with Crippen molar-refractivity contribution in [3.63, 3.8) is 0 Å². The van der Waals surface area contributed by atoms with Gasteiger partial charge in [-0.3, -0.25) is 4.79 Å². The molecule has 0 spiro atoms. The molecule has 126 valence electrons. The number of hydrogen-bond donors (Lipinski definition) is 2. The van der Waals surface area contributed by atoms with Crippen molar-refractivity contribution in [2.75, 3.05) is 5.32 Å². The number of halogens is 4. The number of hydrogen-bond acceptors (Lipinski definition) is 3. The minimum absolute atomic E-state index is 0.00176. The molecule has 0 radical (unpaired) electrons. The Hall–Kier alpha value is -2.28. The molecule has 0 unspecified atom stereocenters. The SMILES string of the molecule is O=C(NC1CC1)c1ccc(Nc2ccc(Cl)cc2C(F)(F)F)cn1. The Morgan fingerprint density at radius 2 is 1.96 bits per heavy atom. The molecular weight excluding hydrogens is 343 g/mol. The minimum atomic E-state index is -4.54. The van der Waals surface area contributed by atoms with Crippen LogP contribution in [-0.4, -0.2) is 16.9 Å². The summed E-state index contributed by atoms with van der Waals surface area (Å²) >= 11 is 5.64. The van der Waals surface area contributed by atoms with E-state index >= 15 is 0 Å². The monoisotopic (exact) mass is 355 g/mol. The number of alkyl halides is 3. The van der Waals surface area contributed by atoms with Gasteiger partial charge in [0.15, 0.2) is 0 Å². The zero-order valence-electron chi connectivity index (χ0n) is 12.3. The van der Waals surface area contributed by atoms with Crippen LogP contribution < -0.4 is 10.6 Å². The maximum Gasteiger partial charge on any atom is 0.418 e. The van der Waals surface area contributed by atoms with Gasteiger partial charge in [-0.05, 0) is 43.2 Å². The predicted octanol–water partition coefficient (Wildman–Crippen LogP) is 4.39. The highest BCUT2D eigenvalue weighted by Crippen LogP contribution is 2.37. The fraction of sp³-hybridized carbons (Fsp3) is 0.250. The van der Waals surface area contributed by atoms with E-state index < -0.39 is 11.7 Å². The van der Waals surface area contributed by atoms with Crippen LogP contribution >= 0.6 is 11.6 Å². The van der Waals surface area contributed by atoms with Gasteiger partial charge in [-0.1, -0.05) is 11.6 Å². The normalized spacial score (nSPS) is 14.3. The van der Waals surface area contributed by atoms with Crippen molar-refractivity contribution in [3.8, 4) is 0 Å². The molecule has 0 atom stereocenters. The number of nitrogens with zero attached hydrogens (tertiary/aromatic N) is 1. The Morgan fingerprint density at radius 3 is 2.54 bits per heavy atom.